The number of hydrogen-bond acceptors (Lipinski definition) is 5. The number of rotatable bonds is 8. The molecule has 5 aromatic rings. The van der Waals surface area contributed by atoms with E-state index in [-0.39, 0.29) is 16.1 Å². The van der Waals surface area contributed by atoms with Crippen molar-refractivity contribution in [2.75, 3.05) is 0 Å². The van der Waals surface area contributed by atoms with Crippen LogP contribution in [0.2, 0.25) is 0 Å². The third kappa shape index (κ3) is 4.77. The summed E-state index contributed by atoms with van der Waals surface area (Å²) in [6.45, 7) is 0. The van der Waals surface area contributed by atoms with Crippen LogP contribution in [-0.2, 0) is 14.6 Å². The third-order valence-electron chi connectivity index (χ3n) is 6.37. The molecule has 0 spiro atoms. The number of hydrogen-bond donors (Lipinski definition) is 1. The van der Waals surface area contributed by atoms with Crippen LogP contribution in [-0.4, -0.2) is 13.3 Å². The van der Waals surface area contributed by atoms with Crippen LogP contribution >= 0.6 is 7.14 Å². The van der Waals surface area contributed by atoms with Gasteiger partial charge in [0.05, 0.1) is 15.4 Å². The van der Waals surface area contributed by atoms with Crippen molar-refractivity contribution < 1.29 is 17.9 Å². The predicted molar refractivity (Wildman–Crippen MR) is 150 cm³/mol. The van der Waals surface area contributed by atoms with Crippen molar-refractivity contribution in [3.63, 3.8) is 0 Å². The summed E-state index contributed by atoms with van der Waals surface area (Å²) in [7, 11) is -8.17. The van der Waals surface area contributed by atoms with E-state index in [1.54, 1.807) is 84.9 Å². The zero-order chi connectivity index (χ0) is 26.8. The molecule has 38 heavy (non-hydrogen) atoms. The molecule has 0 aliphatic carbocycles. The van der Waals surface area contributed by atoms with Gasteiger partial charge >= 0.3 is 0 Å². The fourth-order valence-electron chi connectivity index (χ4n) is 4.51. The molecule has 190 valence electrons. The molecule has 0 fully saturated rings. The number of sulfonamides is 1. The average molecular weight is 543 g/mol. The third-order valence-corrected chi connectivity index (χ3v) is 11.2. The first kappa shape index (κ1) is 25.5. The SMILES string of the molecule is O=[N+]([O-])c1ccccc1[C@H](NS(=O)(=O)c1ccc2ccccc2c1)P(=O)(c1ccccc1)c1ccccc1. The van der Waals surface area contributed by atoms with E-state index in [1.165, 1.54) is 30.3 Å². The van der Waals surface area contributed by atoms with Gasteiger partial charge in [-0.3, -0.25) is 10.1 Å². The van der Waals surface area contributed by atoms with Crippen molar-refractivity contribution in [2.45, 2.75) is 10.7 Å². The highest BCUT2D eigenvalue weighted by Gasteiger charge is 2.43. The molecule has 0 saturated heterocycles. The highest BCUT2D eigenvalue weighted by Crippen LogP contribution is 2.57. The maximum absolute atomic E-state index is 15.3. The van der Waals surface area contributed by atoms with Crippen LogP contribution in [0.5, 0.6) is 0 Å². The van der Waals surface area contributed by atoms with Crippen LogP contribution in [0.1, 0.15) is 11.3 Å². The topological polar surface area (TPSA) is 106 Å². The lowest BCUT2D eigenvalue weighted by atomic mass is 10.1. The lowest BCUT2D eigenvalue weighted by Crippen LogP contribution is -2.34. The predicted octanol–water partition coefficient (Wildman–Crippen LogP) is 5.74. The minimum atomic E-state index is -4.29. The molecule has 1 atom stereocenters. The zero-order valence-electron chi connectivity index (χ0n) is 20.0. The summed E-state index contributed by atoms with van der Waals surface area (Å²) in [4.78, 5) is 11.4. The number of nitrogens with zero attached hydrogens (tertiary/aromatic N) is 1. The van der Waals surface area contributed by atoms with Gasteiger partial charge in [-0.15, -0.1) is 0 Å². The van der Waals surface area contributed by atoms with Crippen molar-refractivity contribution in [3.05, 3.63) is 143 Å². The van der Waals surface area contributed by atoms with E-state index >= 15 is 4.57 Å². The van der Waals surface area contributed by atoms with E-state index in [9.17, 15) is 18.5 Å². The molecule has 5 aromatic carbocycles. The van der Waals surface area contributed by atoms with Crippen molar-refractivity contribution in [2.24, 2.45) is 0 Å². The highest BCUT2D eigenvalue weighted by atomic mass is 32.2. The monoisotopic (exact) mass is 542 g/mol. The second kappa shape index (κ2) is 10.3. The van der Waals surface area contributed by atoms with Crippen LogP contribution < -0.4 is 15.3 Å². The first-order valence-electron chi connectivity index (χ1n) is 11.8. The van der Waals surface area contributed by atoms with Gasteiger partial charge in [0.25, 0.3) is 5.69 Å². The van der Waals surface area contributed by atoms with Gasteiger partial charge in [-0.1, -0.05) is 109 Å². The Morgan fingerprint density at radius 3 is 1.82 bits per heavy atom. The normalized spacial score (nSPS) is 12.7. The van der Waals surface area contributed by atoms with Crippen molar-refractivity contribution in [3.8, 4) is 0 Å². The number of benzene rings is 5. The zero-order valence-corrected chi connectivity index (χ0v) is 21.8. The van der Waals surface area contributed by atoms with Gasteiger partial charge in [-0.05, 0) is 22.9 Å². The van der Waals surface area contributed by atoms with Gasteiger partial charge in [-0.25, -0.2) is 8.42 Å². The van der Waals surface area contributed by atoms with Gasteiger partial charge in [0.15, 0.2) is 7.14 Å². The molecule has 5 rings (SSSR count). The van der Waals surface area contributed by atoms with E-state index in [0.29, 0.717) is 16.0 Å². The van der Waals surface area contributed by atoms with E-state index in [2.05, 4.69) is 4.72 Å². The molecule has 0 aliphatic heterocycles. The van der Waals surface area contributed by atoms with Crippen LogP contribution in [0, 0.1) is 10.1 Å². The molecule has 0 saturated carbocycles. The molecule has 0 bridgehead atoms. The average Bonchev–Trinajstić information content (AvgIpc) is 2.96. The summed E-state index contributed by atoms with van der Waals surface area (Å²) in [5.41, 5.74) is -0.316. The quantitative estimate of drug-likeness (QED) is 0.153. The van der Waals surface area contributed by atoms with Gasteiger partial charge in [0.1, 0.15) is 5.78 Å². The fourth-order valence-corrected chi connectivity index (χ4v) is 9.35. The molecule has 0 amide bonds. The van der Waals surface area contributed by atoms with E-state index in [1.807, 2.05) is 12.1 Å². The number of nitrogens with one attached hydrogen (secondary N) is 1. The largest absolute Gasteiger partial charge is 0.312 e. The summed E-state index contributed by atoms with van der Waals surface area (Å²) < 4.78 is 45.6. The Labute approximate surface area is 220 Å². The molecule has 0 radical (unpaired) electrons. The standard InChI is InChI=1S/C29H23N2O5PS/c32-31(33)28-18-10-9-17-27(28)29(30-38(35,36)26-20-19-22-11-7-8-12-23(22)21-26)37(34,24-13-3-1-4-14-24)25-15-5-2-6-16-25/h1-21,29-30H/t29-/m1/s1. The number of fused-ring (bicyclic) bond motifs is 1. The summed E-state index contributed by atoms with van der Waals surface area (Å²) in [6, 6.07) is 34.8. The Kier molecular flexibility index (Phi) is 6.95. The molecule has 7 nitrogen and oxygen atoms in total. The van der Waals surface area contributed by atoms with Crippen LogP contribution in [0.25, 0.3) is 10.8 Å². The van der Waals surface area contributed by atoms with Gasteiger partial charge in [0.2, 0.25) is 10.0 Å². The summed E-state index contributed by atoms with van der Waals surface area (Å²) in [6.07, 6.45) is 0. The van der Waals surface area contributed by atoms with Crippen LogP contribution in [0.15, 0.2) is 132 Å². The van der Waals surface area contributed by atoms with Gasteiger partial charge in [-0.2, -0.15) is 4.72 Å². The highest BCUT2D eigenvalue weighted by molar-refractivity contribution is 7.90. The molecule has 9 heteroatoms. The molecular formula is C29H23N2O5PS. The molecule has 0 aromatic heterocycles. The van der Waals surface area contributed by atoms with E-state index in [4.69, 9.17) is 0 Å². The summed E-state index contributed by atoms with van der Waals surface area (Å²) in [5.74, 6) is -1.45. The Bertz CT molecular complexity index is 1730. The summed E-state index contributed by atoms with van der Waals surface area (Å²) in [5, 5.41) is 14.4. The van der Waals surface area contributed by atoms with E-state index in [0.717, 1.165) is 5.39 Å². The van der Waals surface area contributed by atoms with Gasteiger partial charge in [0, 0.05) is 16.7 Å². The molecular weight excluding hydrogens is 519 g/mol. The Hall–Kier alpha value is -4.10. The lowest BCUT2D eigenvalue weighted by Gasteiger charge is -2.29. The Balaban J connectivity index is 1.76. The lowest BCUT2D eigenvalue weighted by molar-refractivity contribution is -0.385. The second-order valence-corrected chi connectivity index (χ2v) is 13.3. The van der Waals surface area contributed by atoms with Crippen molar-refractivity contribution in [1.82, 2.24) is 4.72 Å². The minimum absolute atomic E-state index is 0.0119. The fraction of sp³-hybridized carbons (Fsp3) is 0.0345. The molecule has 1 N–H and O–H groups in total. The number of nitro benzene ring substituents is 1. The Morgan fingerprint density at radius 2 is 1.21 bits per heavy atom. The van der Waals surface area contributed by atoms with E-state index < -0.39 is 27.9 Å². The molecule has 0 aliphatic rings. The first-order chi connectivity index (χ1) is 18.3. The summed E-state index contributed by atoms with van der Waals surface area (Å²) >= 11 is 0. The van der Waals surface area contributed by atoms with Crippen LogP contribution in [0.4, 0.5) is 5.69 Å². The number of para-hydroxylation sites is 1. The maximum Gasteiger partial charge on any atom is 0.274 e. The van der Waals surface area contributed by atoms with Crippen molar-refractivity contribution >= 4 is 44.2 Å². The first-order valence-corrected chi connectivity index (χ1v) is 15.0. The van der Waals surface area contributed by atoms with Crippen molar-refractivity contribution in [1.29, 1.82) is 0 Å². The smallest absolute Gasteiger partial charge is 0.274 e. The number of nitro groups is 1. The molecule has 0 unspecified atom stereocenters. The second-order valence-electron chi connectivity index (χ2n) is 8.68. The molecule has 0 heterocycles. The van der Waals surface area contributed by atoms with Crippen LogP contribution in [0.3, 0.4) is 0 Å². The Morgan fingerprint density at radius 1 is 0.684 bits per heavy atom. The van der Waals surface area contributed by atoms with Gasteiger partial charge < -0.3 is 4.57 Å². The minimum Gasteiger partial charge on any atom is -0.312 e. The maximum atomic E-state index is 15.3.